The molecule has 0 aromatic carbocycles. The van der Waals surface area contributed by atoms with Crippen molar-refractivity contribution in [1.82, 2.24) is 25.0 Å². The molecule has 0 bridgehead atoms. The van der Waals surface area contributed by atoms with Crippen LogP contribution in [0.1, 0.15) is 51.0 Å². The zero-order chi connectivity index (χ0) is 17.1. The topological polar surface area (TPSA) is 83.2 Å². The Balaban J connectivity index is 1.66. The van der Waals surface area contributed by atoms with Crippen LogP contribution in [0.3, 0.4) is 0 Å². The lowest BCUT2D eigenvalue weighted by Gasteiger charge is -2.24. The minimum Gasteiger partial charge on any atom is -0.345 e. The minimum atomic E-state index is 0.161. The van der Waals surface area contributed by atoms with Crippen LogP contribution in [0.15, 0.2) is 30.9 Å². The fourth-order valence-corrected chi connectivity index (χ4v) is 4.03. The molecule has 128 valence electrons. The second-order valence-corrected chi connectivity index (χ2v) is 6.89. The molecule has 1 aliphatic carbocycles. The summed E-state index contributed by atoms with van der Waals surface area (Å²) in [5.74, 6) is 0.540. The summed E-state index contributed by atoms with van der Waals surface area (Å²) in [5.41, 5.74) is 2.83. The Morgan fingerprint density at radius 3 is 2.88 bits per heavy atom. The maximum Gasteiger partial charge on any atom is 0.160 e. The first-order valence-corrected chi connectivity index (χ1v) is 9.07. The van der Waals surface area contributed by atoms with Crippen molar-refractivity contribution >= 4 is 11.0 Å². The number of nitriles is 1. The van der Waals surface area contributed by atoms with E-state index < -0.39 is 0 Å². The van der Waals surface area contributed by atoms with E-state index in [4.69, 9.17) is 0 Å². The molecular formula is C19H22N6. The highest BCUT2D eigenvalue weighted by molar-refractivity contribution is 5.91. The van der Waals surface area contributed by atoms with Gasteiger partial charge in [-0.2, -0.15) is 15.5 Å². The van der Waals surface area contributed by atoms with Crippen LogP contribution in [-0.4, -0.2) is 25.0 Å². The van der Waals surface area contributed by atoms with Crippen molar-refractivity contribution in [2.75, 3.05) is 0 Å². The van der Waals surface area contributed by atoms with Crippen molar-refractivity contribution < 1.29 is 0 Å². The summed E-state index contributed by atoms with van der Waals surface area (Å²) < 4.78 is 2.01. The molecule has 0 radical (unpaired) electrons. The average Bonchev–Trinajstić information content (AvgIpc) is 3.23. The third-order valence-corrected chi connectivity index (χ3v) is 5.36. The molecule has 1 aliphatic rings. The lowest BCUT2D eigenvalue weighted by atomic mass is 9.90. The second kappa shape index (κ2) is 7.06. The van der Waals surface area contributed by atoms with Crippen molar-refractivity contribution in [3.63, 3.8) is 0 Å². The average molecular weight is 334 g/mol. The Kier molecular flexibility index (Phi) is 4.47. The van der Waals surface area contributed by atoms with Crippen molar-refractivity contribution in [3.8, 4) is 17.2 Å². The lowest BCUT2D eigenvalue weighted by Crippen LogP contribution is -2.19. The van der Waals surface area contributed by atoms with Gasteiger partial charge in [0.05, 0.1) is 30.9 Å². The molecule has 1 unspecified atom stereocenters. The summed E-state index contributed by atoms with van der Waals surface area (Å²) >= 11 is 0. The minimum absolute atomic E-state index is 0.161. The predicted molar refractivity (Wildman–Crippen MR) is 95.6 cm³/mol. The monoisotopic (exact) mass is 334 g/mol. The molecule has 0 aliphatic heterocycles. The van der Waals surface area contributed by atoms with E-state index in [1.807, 2.05) is 23.1 Å². The molecule has 1 N–H and O–H groups in total. The molecular weight excluding hydrogens is 312 g/mol. The Labute approximate surface area is 146 Å². The van der Waals surface area contributed by atoms with Crippen molar-refractivity contribution in [2.24, 2.45) is 5.92 Å². The zero-order valence-electron chi connectivity index (χ0n) is 14.2. The highest BCUT2D eigenvalue weighted by Gasteiger charge is 2.25. The number of nitrogens with one attached hydrogen (secondary N) is 1. The normalized spacial score (nSPS) is 17.2. The summed E-state index contributed by atoms with van der Waals surface area (Å²) in [4.78, 5) is 3.09. The van der Waals surface area contributed by atoms with Crippen LogP contribution in [0, 0.1) is 17.2 Å². The van der Waals surface area contributed by atoms with Gasteiger partial charge >= 0.3 is 0 Å². The van der Waals surface area contributed by atoms with Crippen LogP contribution in [0.2, 0.25) is 0 Å². The molecule has 4 rings (SSSR count). The van der Waals surface area contributed by atoms with E-state index in [-0.39, 0.29) is 6.04 Å². The summed E-state index contributed by atoms with van der Waals surface area (Å²) in [7, 11) is 0. The maximum atomic E-state index is 9.32. The maximum absolute atomic E-state index is 9.32. The second-order valence-electron chi connectivity index (χ2n) is 6.89. The van der Waals surface area contributed by atoms with Crippen LogP contribution in [0.25, 0.3) is 22.2 Å². The number of nitrogens with zero attached hydrogens (tertiary/aromatic N) is 5. The number of rotatable bonds is 4. The lowest BCUT2D eigenvalue weighted by molar-refractivity contribution is 0.280. The predicted octanol–water partition coefficient (Wildman–Crippen LogP) is 4.25. The Morgan fingerprint density at radius 1 is 1.24 bits per heavy atom. The zero-order valence-corrected chi connectivity index (χ0v) is 14.2. The van der Waals surface area contributed by atoms with E-state index in [2.05, 4.69) is 32.5 Å². The van der Waals surface area contributed by atoms with Crippen molar-refractivity contribution in [3.05, 3.63) is 30.9 Å². The van der Waals surface area contributed by atoms with Crippen LogP contribution < -0.4 is 0 Å². The van der Waals surface area contributed by atoms with Crippen LogP contribution in [0.4, 0.5) is 0 Å². The van der Waals surface area contributed by atoms with Crippen molar-refractivity contribution in [2.45, 2.75) is 51.0 Å². The van der Waals surface area contributed by atoms with Gasteiger partial charge in [0.2, 0.25) is 0 Å². The van der Waals surface area contributed by atoms with Gasteiger partial charge in [-0.25, -0.2) is 0 Å². The molecule has 25 heavy (non-hydrogen) atoms. The van der Waals surface area contributed by atoms with Crippen LogP contribution >= 0.6 is 0 Å². The first-order valence-electron chi connectivity index (χ1n) is 9.07. The molecule has 0 saturated heterocycles. The quantitative estimate of drug-likeness (QED) is 0.723. The number of aromatic nitrogens is 5. The van der Waals surface area contributed by atoms with Gasteiger partial charge in [0.15, 0.2) is 5.65 Å². The van der Waals surface area contributed by atoms with E-state index in [0.29, 0.717) is 12.3 Å². The Hall–Kier alpha value is -2.68. The van der Waals surface area contributed by atoms with E-state index in [0.717, 1.165) is 22.2 Å². The van der Waals surface area contributed by atoms with Gasteiger partial charge in [0, 0.05) is 28.9 Å². The highest BCUT2D eigenvalue weighted by atomic mass is 15.3. The van der Waals surface area contributed by atoms with Gasteiger partial charge in [0.1, 0.15) is 0 Å². The first-order chi connectivity index (χ1) is 12.4. The highest BCUT2D eigenvalue weighted by Crippen LogP contribution is 2.35. The third-order valence-electron chi connectivity index (χ3n) is 5.36. The van der Waals surface area contributed by atoms with Crippen LogP contribution in [-0.2, 0) is 0 Å². The molecule has 1 fully saturated rings. The Bertz CT molecular complexity index is 879. The van der Waals surface area contributed by atoms with Gasteiger partial charge in [-0.05, 0) is 24.8 Å². The number of hydrogen-bond acceptors (Lipinski definition) is 4. The van der Waals surface area contributed by atoms with E-state index >= 15 is 0 Å². The largest absolute Gasteiger partial charge is 0.345 e. The van der Waals surface area contributed by atoms with Gasteiger partial charge in [-0.15, -0.1) is 5.10 Å². The third kappa shape index (κ3) is 3.14. The standard InChI is InChI=1S/C19H22N6/c20-9-7-18(14-5-3-1-2-4-6-14)25-13-15(11-23-25)17-12-22-24-19-16(17)8-10-21-19/h8,10-14,18H,1-7H2,(H,21,24). The number of aromatic amines is 1. The summed E-state index contributed by atoms with van der Waals surface area (Å²) in [6.07, 6.45) is 15.7. The molecule has 3 aromatic rings. The van der Waals surface area contributed by atoms with E-state index in [9.17, 15) is 5.26 Å². The molecule has 1 atom stereocenters. The molecule has 3 aromatic heterocycles. The smallest absolute Gasteiger partial charge is 0.160 e. The number of H-pyrrole nitrogens is 1. The van der Waals surface area contributed by atoms with E-state index in [1.54, 1.807) is 6.20 Å². The SMILES string of the molecule is N#CCC(C1CCCCCC1)n1cc(-c2cnnc3[nH]ccc23)cn1. The molecule has 6 nitrogen and oxygen atoms in total. The summed E-state index contributed by atoms with van der Waals surface area (Å²) in [6, 6.07) is 4.54. The first kappa shape index (κ1) is 15.8. The van der Waals surface area contributed by atoms with Gasteiger partial charge in [-0.1, -0.05) is 25.7 Å². The van der Waals surface area contributed by atoms with Crippen LogP contribution in [0.5, 0.6) is 0 Å². The van der Waals surface area contributed by atoms with Crippen molar-refractivity contribution in [1.29, 1.82) is 5.26 Å². The summed E-state index contributed by atoms with van der Waals surface area (Å²) in [5, 5.41) is 23.2. The molecule has 0 amide bonds. The Morgan fingerprint density at radius 2 is 2.08 bits per heavy atom. The molecule has 1 saturated carbocycles. The fraction of sp³-hybridized carbons (Fsp3) is 0.474. The summed E-state index contributed by atoms with van der Waals surface area (Å²) in [6.45, 7) is 0. The fourth-order valence-electron chi connectivity index (χ4n) is 4.03. The molecule has 0 spiro atoms. The van der Waals surface area contributed by atoms with E-state index in [1.165, 1.54) is 38.5 Å². The number of hydrogen-bond donors (Lipinski definition) is 1. The molecule has 6 heteroatoms. The number of fused-ring (bicyclic) bond motifs is 1. The van der Waals surface area contributed by atoms with Gasteiger partial charge < -0.3 is 4.98 Å². The molecule has 3 heterocycles. The van der Waals surface area contributed by atoms with Gasteiger partial charge in [-0.3, -0.25) is 4.68 Å². The van der Waals surface area contributed by atoms with Gasteiger partial charge in [0.25, 0.3) is 0 Å².